The zero-order valence-corrected chi connectivity index (χ0v) is 11.5. The second-order valence-electron chi connectivity index (χ2n) is 4.37. The van der Waals surface area contributed by atoms with Gasteiger partial charge in [-0.3, -0.25) is 0 Å². The standard InChI is InChI=1S/C12H18GeO/c1-13(2,3)12(14-4)10-11-8-6-5-7-9-11/h5-10H,1-4H3/b12-10+. The molecule has 0 N–H and O–H groups in total. The minimum absolute atomic E-state index is 1.19. The number of hydrogen-bond acceptors (Lipinski definition) is 1. The first-order valence-corrected chi connectivity index (χ1v) is 12.2. The molecule has 0 aromatic heterocycles. The zero-order chi connectivity index (χ0) is 10.6. The molecule has 0 aliphatic heterocycles. The number of methoxy groups -OCH3 is 1. The van der Waals surface area contributed by atoms with Crippen LogP contribution in [0.3, 0.4) is 0 Å². The summed E-state index contributed by atoms with van der Waals surface area (Å²) in [6.07, 6.45) is 2.17. The molecule has 0 unspecified atom stereocenters. The first-order valence-electron chi connectivity index (χ1n) is 4.85. The van der Waals surface area contributed by atoms with Gasteiger partial charge in [0, 0.05) is 0 Å². The average molecular weight is 251 g/mol. The van der Waals surface area contributed by atoms with Crippen molar-refractivity contribution in [2.75, 3.05) is 7.11 Å². The Bertz CT molecular complexity index is 309. The summed E-state index contributed by atoms with van der Waals surface area (Å²) >= 11 is -1.82. The SMILES string of the molecule is CO/[C](=C/c1ccccc1)[Ge]([CH3])([CH3])[CH3]. The van der Waals surface area contributed by atoms with Gasteiger partial charge in [0.25, 0.3) is 0 Å². The van der Waals surface area contributed by atoms with Crippen LogP contribution in [-0.4, -0.2) is 20.4 Å². The molecule has 0 aliphatic rings. The van der Waals surface area contributed by atoms with E-state index in [-0.39, 0.29) is 0 Å². The Kier molecular flexibility index (Phi) is 3.81. The van der Waals surface area contributed by atoms with Crippen LogP contribution in [0.2, 0.25) is 17.3 Å². The second kappa shape index (κ2) is 4.69. The average Bonchev–Trinajstić information content (AvgIpc) is 2.14. The molecule has 0 radical (unpaired) electrons. The van der Waals surface area contributed by atoms with E-state index < -0.39 is 13.3 Å². The van der Waals surface area contributed by atoms with Crippen LogP contribution in [0.15, 0.2) is 34.9 Å². The van der Waals surface area contributed by atoms with Crippen molar-refractivity contribution in [2.45, 2.75) is 17.3 Å². The van der Waals surface area contributed by atoms with E-state index in [4.69, 9.17) is 4.74 Å². The van der Waals surface area contributed by atoms with Crippen LogP contribution < -0.4 is 0 Å². The van der Waals surface area contributed by atoms with Crippen molar-refractivity contribution < 1.29 is 4.74 Å². The Labute approximate surface area is 89.1 Å². The van der Waals surface area contributed by atoms with Gasteiger partial charge in [-0.2, -0.15) is 0 Å². The summed E-state index contributed by atoms with van der Waals surface area (Å²) in [6.45, 7) is 0. The first kappa shape index (κ1) is 11.4. The number of rotatable bonds is 3. The van der Waals surface area contributed by atoms with Gasteiger partial charge < -0.3 is 0 Å². The molecular weight excluding hydrogens is 233 g/mol. The van der Waals surface area contributed by atoms with Crippen molar-refractivity contribution in [2.24, 2.45) is 0 Å². The normalized spacial score (nSPS) is 12.7. The van der Waals surface area contributed by atoms with Gasteiger partial charge in [0.05, 0.1) is 0 Å². The molecule has 0 fully saturated rings. The van der Waals surface area contributed by atoms with Crippen molar-refractivity contribution in [1.82, 2.24) is 0 Å². The van der Waals surface area contributed by atoms with Crippen LogP contribution in [0, 0.1) is 0 Å². The van der Waals surface area contributed by atoms with E-state index in [2.05, 4.69) is 47.6 Å². The van der Waals surface area contributed by atoms with Gasteiger partial charge in [0.15, 0.2) is 0 Å². The molecule has 1 nitrogen and oxygen atoms in total. The van der Waals surface area contributed by atoms with E-state index >= 15 is 0 Å². The number of benzene rings is 1. The van der Waals surface area contributed by atoms with Crippen LogP contribution in [0.5, 0.6) is 0 Å². The molecular formula is C12H18GeO. The van der Waals surface area contributed by atoms with Gasteiger partial charge in [-0.05, 0) is 0 Å². The van der Waals surface area contributed by atoms with E-state index in [1.165, 1.54) is 10.2 Å². The van der Waals surface area contributed by atoms with Crippen LogP contribution in [0.25, 0.3) is 6.08 Å². The fourth-order valence-electron chi connectivity index (χ4n) is 1.28. The van der Waals surface area contributed by atoms with E-state index in [9.17, 15) is 0 Å². The number of ether oxygens (including phenoxy) is 1. The van der Waals surface area contributed by atoms with E-state index in [1.807, 2.05) is 6.07 Å². The molecule has 0 amide bonds. The summed E-state index contributed by atoms with van der Waals surface area (Å²) in [6, 6.07) is 10.3. The maximum absolute atomic E-state index is 5.46. The molecule has 0 bridgehead atoms. The van der Waals surface area contributed by atoms with Gasteiger partial charge in [-0.25, -0.2) is 0 Å². The molecule has 0 saturated heterocycles. The summed E-state index contributed by atoms with van der Waals surface area (Å²) in [5, 5.41) is 0. The van der Waals surface area contributed by atoms with Crippen molar-refractivity contribution in [3.05, 3.63) is 40.5 Å². The van der Waals surface area contributed by atoms with E-state index in [0.717, 1.165) is 0 Å². The molecule has 0 heterocycles. The Balaban J connectivity index is 2.96. The maximum atomic E-state index is 5.46. The molecule has 76 valence electrons. The van der Waals surface area contributed by atoms with Crippen LogP contribution in [0.1, 0.15) is 5.56 Å². The third-order valence-electron chi connectivity index (χ3n) is 2.06. The molecule has 14 heavy (non-hydrogen) atoms. The van der Waals surface area contributed by atoms with Crippen LogP contribution in [-0.2, 0) is 4.74 Å². The van der Waals surface area contributed by atoms with Gasteiger partial charge in [-0.1, -0.05) is 0 Å². The van der Waals surface area contributed by atoms with Gasteiger partial charge in [0.1, 0.15) is 0 Å². The number of hydrogen-bond donors (Lipinski definition) is 0. The third kappa shape index (κ3) is 3.22. The zero-order valence-electron chi connectivity index (χ0n) is 9.37. The minimum atomic E-state index is -1.82. The predicted octanol–water partition coefficient (Wildman–Crippen LogP) is 3.55. The summed E-state index contributed by atoms with van der Waals surface area (Å²) < 4.78 is 6.65. The van der Waals surface area contributed by atoms with Crippen molar-refractivity contribution >= 4 is 19.3 Å². The molecule has 1 aromatic carbocycles. The van der Waals surface area contributed by atoms with Crippen molar-refractivity contribution in [1.29, 1.82) is 0 Å². The molecule has 0 atom stereocenters. The summed E-state index contributed by atoms with van der Waals surface area (Å²) in [5.41, 5.74) is 1.23. The molecule has 0 saturated carbocycles. The summed E-state index contributed by atoms with van der Waals surface area (Å²) in [4.78, 5) is 0. The molecule has 0 aliphatic carbocycles. The predicted molar refractivity (Wildman–Crippen MR) is 64.8 cm³/mol. The fraction of sp³-hybridized carbons (Fsp3) is 0.333. The molecule has 2 heteroatoms. The monoisotopic (exact) mass is 252 g/mol. The Hall–Kier alpha value is -0.697. The quantitative estimate of drug-likeness (QED) is 0.589. The van der Waals surface area contributed by atoms with Crippen molar-refractivity contribution in [3.8, 4) is 0 Å². The van der Waals surface area contributed by atoms with E-state index in [0.29, 0.717) is 0 Å². The Morgan fingerprint density at radius 1 is 1.14 bits per heavy atom. The second-order valence-corrected chi connectivity index (χ2v) is 14.8. The summed E-state index contributed by atoms with van der Waals surface area (Å²) in [7, 11) is 1.77. The molecule has 1 rings (SSSR count). The molecule has 0 spiro atoms. The van der Waals surface area contributed by atoms with E-state index in [1.54, 1.807) is 7.11 Å². The van der Waals surface area contributed by atoms with Gasteiger partial charge >= 0.3 is 88.9 Å². The van der Waals surface area contributed by atoms with Crippen LogP contribution >= 0.6 is 0 Å². The fourth-order valence-corrected chi connectivity index (χ4v) is 3.83. The van der Waals surface area contributed by atoms with Crippen molar-refractivity contribution in [3.63, 3.8) is 0 Å². The first-order chi connectivity index (χ1) is 6.54. The summed E-state index contributed by atoms with van der Waals surface area (Å²) in [5.74, 6) is 6.99. The molecule has 1 aromatic rings. The Morgan fingerprint density at radius 2 is 1.71 bits per heavy atom. The third-order valence-corrected chi connectivity index (χ3v) is 5.89. The topological polar surface area (TPSA) is 9.23 Å². The Morgan fingerprint density at radius 3 is 2.14 bits per heavy atom. The van der Waals surface area contributed by atoms with Crippen LogP contribution in [0.4, 0.5) is 0 Å². The van der Waals surface area contributed by atoms with Gasteiger partial charge in [0.2, 0.25) is 0 Å². The van der Waals surface area contributed by atoms with Gasteiger partial charge in [-0.15, -0.1) is 0 Å².